The zero-order valence-electron chi connectivity index (χ0n) is 15.2. The smallest absolute Gasteiger partial charge is 0.271 e. The van der Waals surface area contributed by atoms with Crippen molar-refractivity contribution in [2.45, 2.75) is 19.4 Å². The molecular formula is C19H21FN4O2S. The Bertz CT molecular complexity index is 983. The minimum atomic E-state index is -0.436. The van der Waals surface area contributed by atoms with Crippen LogP contribution in [0.25, 0.3) is 16.2 Å². The maximum Gasteiger partial charge on any atom is 0.271 e. The summed E-state index contributed by atoms with van der Waals surface area (Å²) in [7, 11) is 1.43. The lowest BCUT2D eigenvalue weighted by atomic mass is 10.1. The van der Waals surface area contributed by atoms with Crippen molar-refractivity contribution in [2.75, 3.05) is 26.7 Å². The van der Waals surface area contributed by atoms with Gasteiger partial charge in [-0.3, -0.25) is 9.20 Å². The van der Waals surface area contributed by atoms with Crippen LogP contribution < -0.4 is 10.1 Å². The first kappa shape index (κ1) is 17.9. The number of thiazole rings is 1. The lowest BCUT2D eigenvalue weighted by Crippen LogP contribution is -2.52. The highest BCUT2D eigenvalue weighted by molar-refractivity contribution is 7.15. The molecule has 0 unspecified atom stereocenters. The SMILES string of the molecule is CC[C@H]1CN(C(=O)c2csc3nc(-c4ccc(OC)c(F)c4)cn23)CCN1. The van der Waals surface area contributed by atoms with Crippen LogP contribution in [0.2, 0.25) is 0 Å². The number of methoxy groups -OCH3 is 1. The summed E-state index contributed by atoms with van der Waals surface area (Å²) in [5.74, 6) is -0.236. The van der Waals surface area contributed by atoms with Gasteiger partial charge >= 0.3 is 0 Å². The molecule has 0 saturated carbocycles. The number of imidazole rings is 1. The molecule has 1 N–H and O–H groups in total. The van der Waals surface area contributed by atoms with E-state index >= 15 is 0 Å². The van der Waals surface area contributed by atoms with Crippen LogP contribution in [0.5, 0.6) is 5.75 Å². The fourth-order valence-corrected chi connectivity index (χ4v) is 4.20. The average molecular weight is 388 g/mol. The van der Waals surface area contributed by atoms with Crippen LogP contribution in [-0.2, 0) is 0 Å². The standard InChI is InChI=1S/C19H21FN4O2S/c1-3-13-9-23(7-6-21-13)18(25)16-11-27-19-22-15(10-24(16)19)12-4-5-17(26-2)14(20)8-12/h4-5,8,10-11,13,21H,3,6-7,9H2,1-2H3/t13-/m0/s1. The molecule has 0 aliphatic carbocycles. The number of piperazine rings is 1. The lowest BCUT2D eigenvalue weighted by molar-refractivity contribution is 0.0695. The third-order valence-electron chi connectivity index (χ3n) is 4.91. The van der Waals surface area contributed by atoms with Crippen LogP contribution >= 0.6 is 11.3 Å². The highest BCUT2D eigenvalue weighted by atomic mass is 32.1. The minimum absolute atomic E-state index is 0.00561. The van der Waals surface area contributed by atoms with Gasteiger partial charge in [-0.05, 0) is 24.6 Å². The van der Waals surface area contributed by atoms with Crippen LogP contribution in [0.4, 0.5) is 4.39 Å². The van der Waals surface area contributed by atoms with Gasteiger partial charge in [-0.2, -0.15) is 0 Å². The molecule has 1 atom stereocenters. The number of carbonyl (C=O) groups excluding carboxylic acids is 1. The number of halogens is 1. The zero-order valence-corrected chi connectivity index (χ0v) is 16.1. The summed E-state index contributed by atoms with van der Waals surface area (Å²) < 4.78 is 20.8. The molecule has 142 valence electrons. The molecule has 1 aliphatic rings. The molecule has 3 heterocycles. The van der Waals surface area contributed by atoms with Crippen molar-refractivity contribution < 1.29 is 13.9 Å². The third-order valence-corrected chi connectivity index (χ3v) is 5.75. The Morgan fingerprint density at radius 2 is 2.33 bits per heavy atom. The van der Waals surface area contributed by atoms with E-state index < -0.39 is 5.82 Å². The van der Waals surface area contributed by atoms with Crippen LogP contribution in [0, 0.1) is 5.82 Å². The van der Waals surface area contributed by atoms with Crippen molar-refractivity contribution in [3.63, 3.8) is 0 Å². The van der Waals surface area contributed by atoms with Crippen molar-refractivity contribution in [3.8, 4) is 17.0 Å². The summed E-state index contributed by atoms with van der Waals surface area (Å²) in [5.41, 5.74) is 1.87. The Balaban J connectivity index is 1.64. The number of aromatic nitrogens is 2. The van der Waals surface area contributed by atoms with E-state index in [1.807, 2.05) is 10.3 Å². The first-order chi connectivity index (χ1) is 13.1. The molecule has 8 heteroatoms. The van der Waals surface area contributed by atoms with Gasteiger partial charge in [0.25, 0.3) is 5.91 Å². The van der Waals surface area contributed by atoms with E-state index in [4.69, 9.17) is 4.74 Å². The molecular weight excluding hydrogens is 367 g/mol. The van der Waals surface area contributed by atoms with Crippen LogP contribution in [0.15, 0.2) is 29.8 Å². The molecule has 4 rings (SSSR count). The second-order valence-electron chi connectivity index (χ2n) is 6.56. The predicted molar refractivity (Wildman–Crippen MR) is 103 cm³/mol. The Morgan fingerprint density at radius 3 is 3.07 bits per heavy atom. The molecule has 27 heavy (non-hydrogen) atoms. The van der Waals surface area contributed by atoms with Crippen molar-refractivity contribution in [2.24, 2.45) is 0 Å². The van der Waals surface area contributed by atoms with Gasteiger partial charge in [0.2, 0.25) is 0 Å². The number of nitrogens with zero attached hydrogens (tertiary/aromatic N) is 3. The summed E-state index contributed by atoms with van der Waals surface area (Å²) in [4.78, 5) is 20.2. The minimum Gasteiger partial charge on any atom is -0.494 e. The van der Waals surface area contributed by atoms with Gasteiger partial charge in [-0.25, -0.2) is 9.37 Å². The Labute approximate surface area is 160 Å². The number of rotatable bonds is 4. The number of hydrogen-bond donors (Lipinski definition) is 1. The third kappa shape index (κ3) is 3.30. The van der Waals surface area contributed by atoms with Gasteiger partial charge < -0.3 is 15.0 Å². The van der Waals surface area contributed by atoms with Gasteiger partial charge in [0.15, 0.2) is 16.5 Å². The topological polar surface area (TPSA) is 58.9 Å². The number of carbonyl (C=O) groups is 1. The predicted octanol–water partition coefficient (Wildman–Crippen LogP) is 3.03. The molecule has 0 spiro atoms. The maximum atomic E-state index is 14.0. The zero-order chi connectivity index (χ0) is 19.0. The molecule has 1 saturated heterocycles. The van der Waals surface area contributed by atoms with E-state index in [1.54, 1.807) is 22.7 Å². The quantitative estimate of drug-likeness (QED) is 0.746. The Hall–Kier alpha value is -2.45. The Morgan fingerprint density at radius 1 is 1.48 bits per heavy atom. The highest BCUT2D eigenvalue weighted by Gasteiger charge is 2.25. The number of nitrogens with one attached hydrogen (secondary N) is 1. The van der Waals surface area contributed by atoms with E-state index in [0.29, 0.717) is 41.0 Å². The first-order valence-electron chi connectivity index (χ1n) is 8.94. The molecule has 1 fully saturated rings. The van der Waals surface area contributed by atoms with Crippen molar-refractivity contribution >= 4 is 22.2 Å². The van der Waals surface area contributed by atoms with Gasteiger partial charge in [-0.15, -0.1) is 11.3 Å². The second-order valence-corrected chi connectivity index (χ2v) is 7.40. The molecule has 1 amide bonds. The van der Waals surface area contributed by atoms with Crippen LogP contribution in [0.1, 0.15) is 23.8 Å². The van der Waals surface area contributed by atoms with E-state index in [9.17, 15) is 9.18 Å². The van der Waals surface area contributed by atoms with Crippen LogP contribution in [-0.4, -0.2) is 53.0 Å². The van der Waals surface area contributed by atoms with Crippen molar-refractivity contribution in [3.05, 3.63) is 41.3 Å². The highest BCUT2D eigenvalue weighted by Crippen LogP contribution is 2.28. The number of hydrogen-bond acceptors (Lipinski definition) is 5. The summed E-state index contributed by atoms with van der Waals surface area (Å²) in [5, 5.41) is 5.26. The van der Waals surface area contributed by atoms with Gasteiger partial charge in [0.05, 0.1) is 12.8 Å². The number of ether oxygens (including phenoxy) is 1. The average Bonchev–Trinajstić information content (AvgIpc) is 3.28. The fraction of sp³-hybridized carbons (Fsp3) is 0.368. The van der Waals surface area contributed by atoms with E-state index in [0.717, 1.165) is 13.0 Å². The van der Waals surface area contributed by atoms with Gasteiger partial charge in [0.1, 0.15) is 5.69 Å². The summed E-state index contributed by atoms with van der Waals surface area (Å²) >= 11 is 1.41. The molecule has 6 nitrogen and oxygen atoms in total. The Kier molecular flexibility index (Phi) is 4.84. The molecule has 3 aromatic rings. The van der Waals surface area contributed by atoms with Gasteiger partial charge in [-0.1, -0.05) is 6.92 Å². The molecule has 2 aromatic heterocycles. The van der Waals surface area contributed by atoms with Crippen molar-refractivity contribution in [1.82, 2.24) is 19.6 Å². The maximum absolute atomic E-state index is 14.0. The summed E-state index contributed by atoms with van der Waals surface area (Å²) in [6, 6.07) is 5.07. The molecule has 1 aromatic carbocycles. The number of fused-ring (bicyclic) bond motifs is 1. The number of amides is 1. The number of benzene rings is 1. The normalized spacial score (nSPS) is 17.4. The van der Waals surface area contributed by atoms with Crippen LogP contribution in [0.3, 0.4) is 0 Å². The second kappa shape index (κ2) is 7.28. The van der Waals surface area contributed by atoms with E-state index in [1.165, 1.54) is 24.5 Å². The molecule has 0 bridgehead atoms. The first-order valence-corrected chi connectivity index (χ1v) is 9.81. The van der Waals surface area contributed by atoms with Crippen molar-refractivity contribution in [1.29, 1.82) is 0 Å². The largest absolute Gasteiger partial charge is 0.494 e. The molecule has 0 radical (unpaired) electrons. The lowest BCUT2D eigenvalue weighted by Gasteiger charge is -2.33. The van der Waals surface area contributed by atoms with E-state index in [-0.39, 0.29) is 11.7 Å². The van der Waals surface area contributed by atoms with E-state index in [2.05, 4.69) is 17.2 Å². The summed E-state index contributed by atoms with van der Waals surface area (Å²) in [6.07, 6.45) is 2.78. The summed E-state index contributed by atoms with van der Waals surface area (Å²) in [6.45, 7) is 4.32. The fourth-order valence-electron chi connectivity index (χ4n) is 3.35. The molecule has 1 aliphatic heterocycles. The monoisotopic (exact) mass is 388 g/mol. The van der Waals surface area contributed by atoms with Gasteiger partial charge in [0, 0.05) is 42.8 Å².